The van der Waals surface area contributed by atoms with Crippen LogP contribution in [0.1, 0.15) is 22.1 Å². The molecule has 1 aliphatic heterocycles. The first-order valence-electron chi connectivity index (χ1n) is 12.1. The zero-order valence-corrected chi connectivity index (χ0v) is 21.5. The van der Waals surface area contributed by atoms with Gasteiger partial charge in [-0.3, -0.25) is 10.3 Å². The van der Waals surface area contributed by atoms with Crippen LogP contribution >= 0.6 is 11.3 Å². The highest BCUT2D eigenvalue weighted by Crippen LogP contribution is 2.36. The second-order valence-corrected chi connectivity index (χ2v) is 10.3. The molecule has 4 aromatic rings. The number of hydrogen-bond acceptors (Lipinski definition) is 7. The Hall–Kier alpha value is -4.08. The number of aryl methyl sites for hydroxylation is 1. The van der Waals surface area contributed by atoms with Crippen LogP contribution in [0.4, 0.5) is 22.0 Å². The van der Waals surface area contributed by atoms with Gasteiger partial charge < -0.3 is 20.9 Å². The molecule has 0 saturated carbocycles. The van der Waals surface area contributed by atoms with Gasteiger partial charge in [-0.2, -0.15) is 0 Å². The Morgan fingerprint density at radius 2 is 1.95 bits per heavy atom. The van der Waals surface area contributed by atoms with Crippen molar-refractivity contribution in [2.45, 2.75) is 18.9 Å². The van der Waals surface area contributed by atoms with Gasteiger partial charge in [0.05, 0.1) is 17.9 Å². The lowest BCUT2D eigenvalue weighted by Gasteiger charge is -2.19. The first-order valence-corrected chi connectivity index (χ1v) is 12.9. The Balaban J connectivity index is 1.25. The monoisotopic (exact) mass is 511 g/mol. The molecule has 0 spiro atoms. The predicted octanol–water partition coefficient (Wildman–Crippen LogP) is 5.47. The van der Waals surface area contributed by atoms with E-state index < -0.39 is 0 Å². The van der Waals surface area contributed by atoms with E-state index in [2.05, 4.69) is 62.1 Å². The molecule has 1 saturated heterocycles. The van der Waals surface area contributed by atoms with Gasteiger partial charge in [-0.1, -0.05) is 30.3 Å². The molecule has 4 N–H and O–H groups in total. The van der Waals surface area contributed by atoms with Crippen LogP contribution in [0.2, 0.25) is 0 Å². The van der Waals surface area contributed by atoms with Crippen LogP contribution in [-0.4, -0.2) is 53.3 Å². The van der Waals surface area contributed by atoms with E-state index in [9.17, 15) is 4.79 Å². The van der Waals surface area contributed by atoms with Crippen LogP contribution in [0.5, 0.6) is 0 Å². The highest BCUT2D eigenvalue weighted by molar-refractivity contribution is 7.15. The number of amides is 2. The molecule has 2 atom stereocenters. The number of thiophene rings is 1. The van der Waals surface area contributed by atoms with E-state index in [1.807, 2.05) is 37.3 Å². The van der Waals surface area contributed by atoms with Crippen molar-refractivity contribution in [3.05, 3.63) is 89.2 Å². The summed E-state index contributed by atoms with van der Waals surface area (Å²) < 4.78 is 0. The van der Waals surface area contributed by atoms with Gasteiger partial charge in [-0.05, 0) is 49.9 Å². The topological polar surface area (TPSA) is 106 Å². The summed E-state index contributed by atoms with van der Waals surface area (Å²) in [5.41, 5.74) is 4.24. The summed E-state index contributed by atoms with van der Waals surface area (Å²) in [6, 6.07) is 19.8. The summed E-state index contributed by atoms with van der Waals surface area (Å²) in [4.78, 5) is 26.3. The van der Waals surface area contributed by atoms with Crippen molar-refractivity contribution in [3.8, 4) is 10.4 Å². The Morgan fingerprint density at radius 3 is 2.73 bits per heavy atom. The van der Waals surface area contributed by atoms with Crippen molar-refractivity contribution in [1.82, 2.24) is 20.2 Å². The van der Waals surface area contributed by atoms with Crippen molar-refractivity contribution in [3.63, 3.8) is 0 Å². The quantitative estimate of drug-likeness (QED) is 0.246. The van der Waals surface area contributed by atoms with Gasteiger partial charge in [-0.25, -0.2) is 9.78 Å². The molecule has 188 valence electrons. The molecular formula is C28H29N7OS. The van der Waals surface area contributed by atoms with E-state index in [1.54, 1.807) is 29.8 Å². The fourth-order valence-electron chi connectivity index (χ4n) is 4.61. The number of likely N-dealkylation sites (tertiary alicyclic amines) is 1. The van der Waals surface area contributed by atoms with E-state index in [0.717, 1.165) is 24.5 Å². The molecule has 1 fully saturated rings. The number of carbonyl (C=O) groups is 1. The number of likely N-dealkylation sites (N-methyl/N-ethyl adjacent to an activating group) is 1. The van der Waals surface area contributed by atoms with E-state index in [-0.39, 0.29) is 18.0 Å². The minimum absolute atomic E-state index is 0.0228. The van der Waals surface area contributed by atoms with Gasteiger partial charge >= 0.3 is 6.03 Å². The van der Waals surface area contributed by atoms with Gasteiger partial charge in [0.25, 0.3) is 0 Å². The lowest BCUT2D eigenvalue weighted by Crippen LogP contribution is -2.42. The molecule has 8 nitrogen and oxygen atoms in total. The molecule has 0 bridgehead atoms. The first kappa shape index (κ1) is 24.6. The molecule has 3 aromatic heterocycles. The van der Waals surface area contributed by atoms with Gasteiger partial charge in [0, 0.05) is 58.1 Å². The number of pyridine rings is 2. The number of aromatic nitrogens is 2. The second-order valence-electron chi connectivity index (χ2n) is 9.21. The minimum atomic E-state index is -0.306. The molecular weight excluding hydrogens is 482 g/mol. The summed E-state index contributed by atoms with van der Waals surface area (Å²) in [7, 11) is 2.08. The maximum absolute atomic E-state index is 12.9. The van der Waals surface area contributed by atoms with Crippen molar-refractivity contribution in [2.24, 2.45) is 0 Å². The summed E-state index contributed by atoms with van der Waals surface area (Å²) >= 11 is 1.78. The van der Waals surface area contributed by atoms with Crippen LogP contribution in [0, 0.1) is 12.3 Å². The smallest absolute Gasteiger partial charge is 0.320 e. The maximum atomic E-state index is 12.9. The highest BCUT2D eigenvalue weighted by atomic mass is 32.1. The van der Waals surface area contributed by atoms with Crippen molar-refractivity contribution >= 4 is 40.8 Å². The van der Waals surface area contributed by atoms with E-state index in [0.29, 0.717) is 17.1 Å². The fraction of sp³-hybridized carbons (Fsp3) is 0.214. The number of nitrogens with one attached hydrogen (secondary N) is 4. The number of nitrogens with zero attached hydrogens (tertiary/aromatic N) is 3. The standard InChI is InChI=1S/C28H29N7OS/c1-18-12-21(10-11-30-18)32-23-15-31-27(13-20(23)14-29)34-28(36)33-24-17-35(2)16-22(24)26-9-8-25(37-26)19-6-4-3-5-7-19/h3-15,22,24,29H,16-17H2,1-2H3,(H,30,32)(H2,31,33,34,36)/t22-,24-/m0/s1. The van der Waals surface area contributed by atoms with Gasteiger partial charge in [-0.15, -0.1) is 11.3 Å². The molecule has 5 rings (SSSR count). The average molecular weight is 512 g/mol. The van der Waals surface area contributed by atoms with Crippen molar-refractivity contribution in [1.29, 1.82) is 5.41 Å². The molecule has 0 radical (unpaired) electrons. The molecule has 4 heterocycles. The molecule has 2 amide bonds. The molecule has 1 aromatic carbocycles. The number of hydrogen-bond donors (Lipinski definition) is 4. The lowest BCUT2D eigenvalue weighted by atomic mass is 10.0. The molecule has 1 aliphatic rings. The Labute approximate surface area is 220 Å². The third-order valence-electron chi connectivity index (χ3n) is 6.38. The highest BCUT2D eigenvalue weighted by Gasteiger charge is 2.34. The Morgan fingerprint density at radius 1 is 1.11 bits per heavy atom. The van der Waals surface area contributed by atoms with Crippen LogP contribution in [0.25, 0.3) is 10.4 Å². The Kier molecular flexibility index (Phi) is 7.25. The average Bonchev–Trinajstić information content (AvgIpc) is 3.52. The van der Waals surface area contributed by atoms with Gasteiger partial charge in [0.2, 0.25) is 0 Å². The molecule has 0 aliphatic carbocycles. The minimum Gasteiger partial charge on any atom is -0.354 e. The number of rotatable bonds is 7. The zero-order valence-electron chi connectivity index (χ0n) is 20.7. The summed E-state index contributed by atoms with van der Waals surface area (Å²) in [5, 5.41) is 17.1. The van der Waals surface area contributed by atoms with Crippen LogP contribution in [0.3, 0.4) is 0 Å². The normalized spacial score (nSPS) is 17.4. The second kappa shape index (κ2) is 10.9. The van der Waals surface area contributed by atoms with Crippen molar-refractivity contribution in [2.75, 3.05) is 30.8 Å². The zero-order chi connectivity index (χ0) is 25.8. The Bertz CT molecular complexity index is 1400. The summed E-state index contributed by atoms with van der Waals surface area (Å²) in [5.74, 6) is 0.594. The van der Waals surface area contributed by atoms with E-state index >= 15 is 0 Å². The SMILES string of the molecule is Cc1cc(Nc2cnc(NC(=O)N[C@H]3CN(C)C[C@@H]3c3ccc(-c4ccccc4)s3)cc2C=N)ccn1. The molecule has 0 unspecified atom stereocenters. The van der Waals surface area contributed by atoms with E-state index in [1.165, 1.54) is 21.5 Å². The molecule has 37 heavy (non-hydrogen) atoms. The summed E-state index contributed by atoms with van der Waals surface area (Å²) in [6.07, 6.45) is 4.58. The van der Waals surface area contributed by atoms with Crippen molar-refractivity contribution < 1.29 is 4.79 Å². The van der Waals surface area contributed by atoms with Gasteiger partial charge in [0.15, 0.2) is 0 Å². The molecule has 9 heteroatoms. The number of carbonyl (C=O) groups excluding carboxylic acids is 1. The first-order chi connectivity index (χ1) is 18.0. The van der Waals surface area contributed by atoms with Crippen LogP contribution in [0.15, 0.2) is 73.1 Å². The van der Waals surface area contributed by atoms with Gasteiger partial charge in [0.1, 0.15) is 5.82 Å². The fourth-order valence-corrected chi connectivity index (χ4v) is 5.78. The predicted molar refractivity (Wildman–Crippen MR) is 150 cm³/mol. The summed E-state index contributed by atoms with van der Waals surface area (Å²) in [6.45, 7) is 3.56. The van der Waals surface area contributed by atoms with E-state index in [4.69, 9.17) is 5.41 Å². The number of urea groups is 1. The van der Waals surface area contributed by atoms with Crippen LogP contribution in [-0.2, 0) is 0 Å². The third-order valence-corrected chi connectivity index (χ3v) is 7.64. The number of benzene rings is 1. The maximum Gasteiger partial charge on any atom is 0.320 e. The number of anilines is 3. The lowest BCUT2D eigenvalue weighted by molar-refractivity contribution is 0.247. The largest absolute Gasteiger partial charge is 0.354 e. The van der Waals surface area contributed by atoms with Crippen LogP contribution < -0.4 is 16.0 Å². The third kappa shape index (κ3) is 5.84.